The molecule has 0 aromatic heterocycles. The largest absolute Gasteiger partial charge is 0.479 e. The number of hydrogen-bond donors (Lipinski definition) is 2. The van der Waals surface area contributed by atoms with E-state index in [0.29, 0.717) is 5.69 Å². The smallest absolute Gasteiger partial charge is 0.408 e. The second kappa shape index (κ2) is 6.38. The van der Waals surface area contributed by atoms with Crippen LogP contribution in [0.2, 0.25) is 0 Å². The number of ether oxygens (including phenoxy) is 1. The predicted molar refractivity (Wildman–Crippen MR) is 92.5 cm³/mol. The molecule has 0 fully saturated rings. The number of nitrogens with one attached hydrogen (secondary N) is 1. The molecule has 0 bridgehead atoms. The molecule has 1 aliphatic heterocycles. The van der Waals surface area contributed by atoms with Gasteiger partial charge in [0, 0.05) is 12.1 Å². The van der Waals surface area contributed by atoms with Crippen LogP contribution in [0.5, 0.6) is 0 Å². The summed E-state index contributed by atoms with van der Waals surface area (Å²) in [6.07, 6.45) is -0.512. The summed E-state index contributed by atoms with van der Waals surface area (Å²) in [4.78, 5) is 37.9. The van der Waals surface area contributed by atoms with Crippen LogP contribution in [-0.4, -0.2) is 40.3 Å². The average molecular weight is 348 g/mol. The maximum absolute atomic E-state index is 12.9. The van der Waals surface area contributed by atoms with E-state index >= 15 is 0 Å². The monoisotopic (exact) mass is 348 g/mol. The molecule has 2 rings (SSSR count). The van der Waals surface area contributed by atoms with Crippen LogP contribution in [-0.2, 0) is 20.7 Å². The number of carboxylic acids is 1. The molecule has 136 valence electrons. The summed E-state index contributed by atoms with van der Waals surface area (Å²) < 4.78 is 5.15. The van der Waals surface area contributed by atoms with Crippen molar-refractivity contribution >= 4 is 23.7 Å². The van der Waals surface area contributed by atoms with Crippen LogP contribution in [0, 0.1) is 0 Å². The molecule has 2 amide bonds. The Labute approximate surface area is 147 Å². The van der Waals surface area contributed by atoms with Gasteiger partial charge in [-0.3, -0.25) is 9.69 Å². The third kappa shape index (κ3) is 3.75. The molecule has 1 aliphatic rings. The summed E-state index contributed by atoms with van der Waals surface area (Å²) in [5, 5.41) is 12.1. The summed E-state index contributed by atoms with van der Waals surface area (Å²) in [6, 6.07) is 6.13. The van der Waals surface area contributed by atoms with E-state index in [4.69, 9.17) is 4.74 Å². The molecule has 2 atom stereocenters. The van der Waals surface area contributed by atoms with Crippen molar-refractivity contribution in [3.05, 3.63) is 29.8 Å². The molecule has 0 saturated carbocycles. The molecular formula is C18H24N2O5. The molecule has 0 spiro atoms. The molecule has 0 unspecified atom stereocenters. The molecule has 2 N–H and O–H groups in total. The molecule has 1 aromatic rings. The number of carbonyl (C=O) groups excluding carboxylic acids is 2. The van der Waals surface area contributed by atoms with E-state index in [9.17, 15) is 19.5 Å². The van der Waals surface area contributed by atoms with Crippen LogP contribution in [0.1, 0.15) is 40.2 Å². The molecule has 25 heavy (non-hydrogen) atoms. The minimum Gasteiger partial charge on any atom is -0.479 e. The first-order valence-corrected chi connectivity index (χ1v) is 8.10. The van der Waals surface area contributed by atoms with Crippen molar-refractivity contribution < 1.29 is 24.2 Å². The van der Waals surface area contributed by atoms with Gasteiger partial charge < -0.3 is 15.2 Å². The van der Waals surface area contributed by atoms with Gasteiger partial charge >= 0.3 is 12.1 Å². The minimum absolute atomic E-state index is 0.212. The maximum Gasteiger partial charge on any atom is 0.408 e. The number of carbonyl (C=O) groups is 3. The molecule has 0 radical (unpaired) electrons. The molecule has 7 heteroatoms. The Morgan fingerprint density at radius 3 is 2.44 bits per heavy atom. The predicted octanol–water partition coefficient (Wildman–Crippen LogP) is 2.33. The first-order valence-electron chi connectivity index (χ1n) is 8.10. The Kier molecular flexibility index (Phi) is 4.79. The van der Waals surface area contributed by atoms with E-state index < -0.39 is 35.2 Å². The van der Waals surface area contributed by atoms with Crippen molar-refractivity contribution in [1.82, 2.24) is 5.32 Å². The normalized spacial score (nSPS) is 20.6. The van der Waals surface area contributed by atoms with E-state index in [-0.39, 0.29) is 6.42 Å². The van der Waals surface area contributed by atoms with Crippen molar-refractivity contribution in [2.45, 2.75) is 58.2 Å². The number of para-hydroxylation sites is 1. The van der Waals surface area contributed by atoms with Crippen molar-refractivity contribution in [2.75, 3.05) is 4.90 Å². The Morgan fingerprint density at radius 1 is 1.28 bits per heavy atom. The molecule has 0 aliphatic carbocycles. The fourth-order valence-corrected chi connectivity index (χ4v) is 2.87. The zero-order valence-electron chi connectivity index (χ0n) is 15.1. The number of anilines is 1. The Bertz CT molecular complexity index is 710. The average Bonchev–Trinajstić information content (AvgIpc) is 2.77. The third-order valence-corrected chi connectivity index (χ3v) is 4.05. The number of amides is 2. The summed E-state index contributed by atoms with van der Waals surface area (Å²) in [7, 11) is 0. The highest BCUT2D eigenvalue weighted by Gasteiger charge is 2.50. The topological polar surface area (TPSA) is 95.9 Å². The highest BCUT2D eigenvalue weighted by molar-refractivity contribution is 6.07. The van der Waals surface area contributed by atoms with Gasteiger partial charge in [-0.05, 0) is 46.2 Å². The number of aliphatic carboxylic acids is 1. The van der Waals surface area contributed by atoms with Crippen LogP contribution in [0.15, 0.2) is 24.3 Å². The Hall–Kier alpha value is -2.57. The molecule has 1 aromatic carbocycles. The molecule has 0 saturated heterocycles. The fourth-order valence-electron chi connectivity index (χ4n) is 2.87. The SMILES string of the molecule is C[C@H](NC(=O)OC(C)(C)C)C(=O)N1c2ccccc2C[C@@]1(C)C(=O)O. The van der Waals surface area contributed by atoms with Gasteiger partial charge in [-0.15, -0.1) is 0 Å². The minimum atomic E-state index is -1.40. The zero-order valence-corrected chi connectivity index (χ0v) is 15.1. The van der Waals surface area contributed by atoms with Gasteiger partial charge in [0.25, 0.3) is 0 Å². The lowest BCUT2D eigenvalue weighted by Crippen LogP contribution is -2.58. The van der Waals surface area contributed by atoms with E-state index in [2.05, 4.69) is 5.32 Å². The lowest BCUT2D eigenvalue weighted by molar-refractivity contribution is -0.144. The van der Waals surface area contributed by atoms with Gasteiger partial charge in [-0.2, -0.15) is 0 Å². The third-order valence-electron chi connectivity index (χ3n) is 4.05. The number of carboxylic acid groups (broad SMARTS) is 1. The van der Waals surface area contributed by atoms with E-state index in [1.807, 2.05) is 0 Å². The summed E-state index contributed by atoms with van der Waals surface area (Å²) >= 11 is 0. The second-order valence-electron chi connectivity index (χ2n) is 7.43. The van der Waals surface area contributed by atoms with Crippen LogP contribution in [0.3, 0.4) is 0 Å². The molecule has 7 nitrogen and oxygen atoms in total. The fraction of sp³-hybridized carbons (Fsp3) is 0.500. The van der Waals surface area contributed by atoms with Crippen molar-refractivity contribution in [2.24, 2.45) is 0 Å². The van der Waals surface area contributed by atoms with Crippen LogP contribution in [0.4, 0.5) is 10.5 Å². The lowest BCUT2D eigenvalue weighted by atomic mass is 9.96. The van der Waals surface area contributed by atoms with Gasteiger partial charge in [0.15, 0.2) is 0 Å². The maximum atomic E-state index is 12.9. The number of benzene rings is 1. The van der Waals surface area contributed by atoms with Crippen LogP contribution in [0.25, 0.3) is 0 Å². The van der Waals surface area contributed by atoms with Gasteiger partial charge in [0.05, 0.1) is 0 Å². The highest BCUT2D eigenvalue weighted by atomic mass is 16.6. The Balaban J connectivity index is 2.26. The standard InChI is InChI=1S/C18H24N2O5/c1-11(19-16(24)25-17(2,3)4)14(21)20-13-9-7-6-8-12(13)10-18(20,5)15(22)23/h6-9,11H,10H2,1-5H3,(H,19,24)(H,22,23)/t11-,18-/m0/s1. The number of rotatable bonds is 3. The van der Waals surface area contributed by atoms with Crippen molar-refractivity contribution in [1.29, 1.82) is 0 Å². The number of alkyl carbamates (subject to hydrolysis) is 1. The Morgan fingerprint density at radius 2 is 1.88 bits per heavy atom. The van der Waals surface area contributed by atoms with Crippen molar-refractivity contribution in [3.8, 4) is 0 Å². The van der Waals surface area contributed by atoms with Gasteiger partial charge in [-0.1, -0.05) is 18.2 Å². The van der Waals surface area contributed by atoms with Crippen LogP contribution < -0.4 is 10.2 Å². The number of fused-ring (bicyclic) bond motifs is 1. The molecular weight excluding hydrogens is 324 g/mol. The number of hydrogen-bond acceptors (Lipinski definition) is 4. The zero-order chi connectivity index (χ0) is 19.0. The van der Waals surface area contributed by atoms with E-state index in [1.165, 1.54) is 18.7 Å². The summed E-state index contributed by atoms with van der Waals surface area (Å²) in [5.41, 5.74) is -0.756. The first kappa shape index (κ1) is 18.8. The van der Waals surface area contributed by atoms with Crippen molar-refractivity contribution in [3.63, 3.8) is 0 Å². The van der Waals surface area contributed by atoms with Gasteiger partial charge in [-0.25, -0.2) is 9.59 Å². The van der Waals surface area contributed by atoms with Gasteiger partial charge in [0.1, 0.15) is 17.2 Å². The molecule has 1 heterocycles. The first-order chi connectivity index (χ1) is 11.5. The van der Waals surface area contributed by atoms with Gasteiger partial charge in [0.2, 0.25) is 5.91 Å². The second-order valence-corrected chi connectivity index (χ2v) is 7.43. The summed E-state index contributed by atoms with van der Waals surface area (Å²) in [6.45, 7) is 8.18. The van der Waals surface area contributed by atoms with E-state index in [1.54, 1.807) is 45.0 Å². The lowest BCUT2D eigenvalue weighted by Gasteiger charge is -2.34. The number of nitrogens with zero attached hydrogens (tertiary/aromatic N) is 1. The quantitative estimate of drug-likeness (QED) is 0.874. The highest BCUT2D eigenvalue weighted by Crippen LogP contribution is 2.39. The summed E-state index contributed by atoms with van der Waals surface area (Å²) in [5.74, 6) is -1.60. The van der Waals surface area contributed by atoms with E-state index in [0.717, 1.165) is 5.56 Å². The van der Waals surface area contributed by atoms with Crippen LogP contribution >= 0.6 is 0 Å².